The van der Waals surface area contributed by atoms with Crippen LogP contribution in [0.2, 0.25) is 0 Å². The lowest BCUT2D eigenvalue weighted by Crippen LogP contribution is -2.55. The molecule has 0 bridgehead atoms. The van der Waals surface area contributed by atoms with E-state index in [-0.39, 0.29) is 18.7 Å². The lowest BCUT2D eigenvalue weighted by atomic mass is 9.80. The summed E-state index contributed by atoms with van der Waals surface area (Å²) in [7, 11) is 0. The standard InChI is InChI=1S/C25H23F3N4O3/c1-14(2)11-25(28,22(34)30-17-9-15(26)8-16(27)10-17)23(35)32-13-24(12-20(32)29-3)18-6-4-5-7-19(18)31-21(24)33/h4-10,14,20H,11-13H2,1-2H3,(H,30,34)(H,31,33)/t20-,24-,25?/m0/s1. The fraction of sp³-hybridized carbons (Fsp3) is 0.360. The van der Waals surface area contributed by atoms with Gasteiger partial charge >= 0.3 is 6.17 Å². The largest absolute Gasteiger partial charge is 0.325 e. The molecule has 3 atom stereocenters. The summed E-state index contributed by atoms with van der Waals surface area (Å²) in [4.78, 5) is 43.9. The summed E-state index contributed by atoms with van der Waals surface area (Å²) in [6, 6.07) is 9.06. The van der Waals surface area contributed by atoms with Crippen molar-refractivity contribution in [3.63, 3.8) is 0 Å². The number of hydrogen-bond acceptors (Lipinski definition) is 3. The predicted molar refractivity (Wildman–Crippen MR) is 122 cm³/mol. The zero-order valence-electron chi connectivity index (χ0n) is 19.1. The van der Waals surface area contributed by atoms with Crippen LogP contribution in [-0.2, 0) is 19.8 Å². The number of alkyl halides is 1. The van der Waals surface area contributed by atoms with E-state index in [9.17, 15) is 23.2 Å². The first-order valence-electron chi connectivity index (χ1n) is 11.1. The van der Waals surface area contributed by atoms with Crippen molar-refractivity contribution in [2.75, 3.05) is 17.2 Å². The van der Waals surface area contributed by atoms with Crippen LogP contribution in [0.25, 0.3) is 4.85 Å². The van der Waals surface area contributed by atoms with E-state index in [1.165, 1.54) is 0 Å². The molecular weight excluding hydrogens is 461 g/mol. The fourth-order valence-electron chi connectivity index (χ4n) is 4.86. The third-order valence-corrected chi connectivity index (χ3v) is 6.38. The molecule has 0 radical (unpaired) electrons. The van der Waals surface area contributed by atoms with E-state index in [0.29, 0.717) is 17.3 Å². The van der Waals surface area contributed by atoms with Crippen molar-refractivity contribution in [1.82, 2.24) is 4.90 Å². The van der Waals surface area contributed by atoms with Gasteiger partial charge in [-0.3, -0.25) is 24.1 Å². The second-order valence-corrected chi connectivity index (χ2v) is 9.34. The summed E-state index contributed by atoms with van der Waals surface area (Å²) in [5.74, 6) is -5.51. The number of carbonyl (C=O) groups is 3. The van der Waals surface area contributed by atoms with Gasteiger partial charge in [0, 0.05) is 30.4 Å². The Balaban J connectivity index is 1.68. The maximum absolute atomic E-state index is 16.4. The summed E-state index contributed by atoms with van der Waals surface area (Å²) in [6.45, 7) is 10.5. The average Bonchev–Trinajstić information content (AvgIpc) is 3.30. The highest BCUT2D eigenvalue weighted by atomic mass is 19.1. The molecule has 182 valence electrons. The number of benzene rings is 2. The molecule has 2 N–H and O–H groups in total. The minimum atomic E-state index is -3.14. The Morgan fingerprint density at radius 3 is 2.54 bits per heavy atom. The molecule has 35 heavy (non-hydrogen) atoms. The van der Waals surface area contributed by atoms with Crippen LogP contribution in [0.3, 0.4) is 0 Å². The number of anilines is 2. The Labute approximate surface area is 200 Å². The molecule has 2 aromatic rings. The monoisotopic (exact) mass is 484 g/mol. The lowest BCUT2D eigenvalue weighted by Gasteiger charge is -2.30. The highest BCUT2D eigenvalue weighted by molar-refractivity contribution is 6.14. The summed E-state index contributed by atoms with van der Waals surface area (Å²) < 4.78 is 43.5. The van der Waals surface area contributed by atoms with Crippen molar-refractivity contribution in [3.8, 4) is 0 Å². The lowest BCUT2D eigenvalue weighted by molar-refractivity contribution is -0.152. The third-order valence-electron chi connectivity index (χ3n) is 6.38. The van der Waals surface area contributed by atoms with E-state index in [1.807, 2.05) is 0 Å². The number of rotatable bonds is 5. The normalized spacial score (nSPS) is 22.5. The number of carbonyl (C=O) groups excluding carboxylic acids is 3. The predicted octanol–water partition coefficient (Wildman–Crippen LogP) is 4.03. The number of hydrogen-bond donors (Lipinski definition) is 2. The number of para-hydroxylation sites is 1. The SMILES string of the molecule is [C-]#[N+][C@@H]1C[C@@]2(CN1C(=O)C(F)(CC(C)C)C(=O)Nc1cc(F)cc(F)c1)C(=O)Nc1ccccc12. The molecule has 1 spiro atoms. The molecule has 2 heterocycles. The van der Waals surface area contributed by atoms with Crippen molar-refractivity contribution < 1.29 is 27.6 Å². The fourth-order valence-corrected chi connectivity index (χ4v) is 4.86. The number of fused-ring (bicyclic) bond motifs is 2. The van der Waals surface area contributed by atoms with E-state index in [0.717, 1.165) is 17.0 Å². The van der Waals surface area contributed by atoms with Gasteiger partial charge < -0.3 is 10.6 Å². The molecule has 7 nitrogen and oxygen atoms in total. The first-order valence-corrected chi connectivity index (χ1v) is 11.1. The van der Waals surface area contributed by atoms with Gasteiger partial charge in [-0.05, 0) is 29.7 Å². The van der Waals surface area contributed by atoms with Gasteiger partial charge in [-0.1, -0.05) is 32.0 Å². The maximum Gasteiger partial charge on any atom is 0.302 e. The zero-order valence-corrected chi connectivity index (χ0v) is 19.1. The summed E-state index contributed by atoms with van der Waals surface area (Å²) >= 11 is 0. The number of halogens is 3. The van der Waals surface area contributed by atoms with Gasteiger partial charge in [-0.2, -0.15) is 0 Å². The van der Waals surface area contributed by atoms with Gasteiger partial charge in [0.15, 0.2) is 0 Å². The minimum absolute atomic E-state index is 0.0560. The van der Waals surface area contributed by atoms with Crippen LogP contribution < -0.4 is 10.6 Å². The van der Waals surface area contributed by atoms with Gasteiger partial charge in [0.1, 0.15) is 17.0 Å². The molecule has 4 rings (SSSR count). The highest BCUT2D eigenvalue weighted by Crippen LogP contribution is 2.47. The van der Waals surface area contributed by atoms with Gasteiger partial charge in [0.05, 0.1) is 6.42 Å². The first-order chi connectivity index (χ1) is 16.5. The zero-order chi connectivity index (χ0) is 25.5. The number of amides is 3. The van der Waals surface area contributed by atoms with Gasteiger partial charge in [0.25, 0.3) is 17.5 Å². The van der Waals surface area contributed by atoms with E-state index in [4.69, 9.17) is 6.57 Å². The van der Waals surface area contributed by atoms with Crippen molar-refractivity contribution in [3.05, 3.63) is 71.1 Å². The second-order valence-electron chi connectivity index (χ2n) is 9.34. The average molecular weight is 484 g/mol. The Morgan fingerprint density at radius 1 is 1.26 bits per heavy atom. The van der Waals surface area contributed by atoms with Gasteiger partial charge in [-0.15, -0.1) is 0 Å². The smallest absolute Gasteiger partial charge is 0.302 e. The molecule has 2 aromatic carbocycles. The molecule has 2 aliphatic heterocycles. The van der Waals surface area contributed by atoms with E-state index in [1.54, 1.807) is 38.1 Å². The summed E-state index contributed by atoms with van der Waals surface area (Å²) in [6.07, 6.45) is -1.77. The van der Waals surface area contributed by atoms with Crippen LogP contribution in [0, 0.1) is 24.1 Å². The molecule has 0 saturated carbocycles. The topological polar surface area (TPSA) is 82.9 Å². The van der Waals surface area contributed by atoms with Crippen LogP contribution >= 0.6 is 0 Å². The molecule has 1 unspecified atom stereocenters. The van der Waals surface area contributed by atoms with Crippen LogP contribution in [-0.4, -0.2) is 41.0 Å². The summed E-state index contributed by atoms with van der Waals surface area (Å²) in [5.41, 5.74) is -3.59. The number of nitrogens with zero attached hydrogens (tertiary/aromatic N) is 2. The summed E-state index contributed by atoms with van der Waals surface area (Å²) in [5, 5.41) is 4.84. The van der Waals surface area contributed by atoms with Crippen molar-refractivity contribution in [2.45, 2.75) is 43.9 Å². The van der Waals surface area contributed by atoms with Crippen LogP contribution in [0.5, 0.6) is 0 Å². The molecule has 1 fully saturated rings. The number of nitrogens with one attached hydrogen (secondary N) is 2. The molecular formula is C25H23F3N4O3. The quantitative estimate of drug-likeness (QED) is 0.497. The molecule has 0 aromatic heterocycles. The first kappa shape index (κ1) is 24.3. The second kappa shape index (κ2) is 8.73. The molecule has 10 heteroatoms. The Morgan fingerprint density at radius 2 is 1.91 bits per heavy atom. The Hall–Kier alpha value is -3.87. The Bertz CT molecular complexity index is 1240. The van der Waals surface area contributed by atoms with Crippen LogP contribution in [0.4, 0.5) is 24.5 Å². The van der Waals surface area contributed by atoms with Crippen LogP contribution in [0.15, 0.2) is 42.5 Å². The van der Waals surface area contributed by atoms with Crippen molar-refractivity contribution in [1.29, 1.82) is 0 Å². The van der Waals surface area contributed by atoms with Crippen molar-refractivity contribution >= 4 is 29.1 Å². The van der Waals surface area contributed by atoms with E-state index < -0.39 is 58.9 Å². The molecule has 3 amide bonds. The third kappa shape index (κ3) is 4.11. The van der Waals surface area contributed by atoms with Crippen molar-refractivity contribution in [2.24, 2.45) is 5.92 Å². The maximum atomic E-state index is 16.4. The van der Waals surface area contributed by atoms with Crippen LogP contribution in [0.1, 0.15) is 32.3 Å². The molecule has 0 aliphatic carbocycles. The Kier molecular flexibility index (Phi) is 6.05. The van der Waals surface area contributed by atoms with Gasteiger partial charge in [-0.25, -0.2) is 19.7 Å². The minimum Gasteiger partial charge on any atom is -0.325 e. The molecule has 2 aliphatic rings. The molecule has 1 saturated heterocycles. The highest BCUT2D eigenvalue weighted by Gasteiger charge is 2.62. The van der Waals surface area contributed by atoms with E-state index in [2.05, 4.69) is 15.5 Å². The van der Waals surface area contributed by atoms with Gasteiger partial charge in [0.2, 0.25) is 5.91 Å². The van der Waals surface area contributed by atoms with E-state index >= 15 is 4.39 Å². The number of likely N-dealkylation sites (tertiary alicyclic amines) is 1.